The van der Waals surface area contributed by atoms with E-state index < -0.39 is 0 Å². The summed E-state index contributed by atoms with van der Waals surface area (Å²) in [7, 11) is 0. The highest BCUT2D eigenvalue weighted by Crippen LogP contribution is 2.37. The summed E-state index contributed by atoms with van der Waals surface area (Å²) in [6.07, 6.45) is 13.6. The summed E-state index contributed by atoms with van der Waals surface area (Å²) in [5.41, 5.74) is 0. The fraction of sp³-hybridized carbons (Fsp3) is 1.00. The van der Waals surface area contributed by atoms with Crippen LogP contribution in [0.15, 0.2) is 0 Å². The minimum atomic E-state index is 0.695. The Bertz CT molecular complexity index is 335. The van der Waals surface area contributed by atoms with Crippen LogP contribution < -0.4 is 0 Å². The molecule has 3 nitrogen and oxygen atoms in total. The molecule has 0 radical (unpaired) electrons. The van der Waals surface area contributed by atoms with Crippen LogP contribution in [-0.4, -0.2) is 62.0 Å². The zero-order valence-corrected chi connectivity index (χ0v) is 15.7. The first-order valence-corrected chi connectivity index (χ1v) is 11.1. The number of thioether (sulfide) groups is 1. The third-order valence-corrected chi connectivity index (χ3v) is 7.27. The van der Waals surface area contributed by atoms with Crippen molar-refractivity contribution in [3.63, 3.8) is 0 Å². The Morgan fingerprint density at radius 1 is 0.826 bits per heavy atom. The third kappa shape index (κ3) is 4.87. The van der Waals surface area contributed by atoms with Crippen LogP contribution in [0, 0.1) is 11.8 Å². The largest absolute Gasteiger partial charge is 0.381 e. The third-order valence-electron chi connectivity index (χ3n) is 6.15. The van der Waals surface area contributed by atoms with Gasteiger partial charge in [0.1, 0.15) is 0 Å². The summed E-state index contributed by atoms with van der Waals surface area (Å²) in [6, 6.07) is 0.695. The van der Waals surface area contributed by atoms with Gasteiger partial charge in [0.05, 0.1) is 19.8 Å². The van der Waals surface area contributed by atoms with Crippen LogP contribution in [0.1, 0.15) is 51.4 Å². The van der Waals surface area contributed by atoms with E-state index in [9.17, 15) is 0 Å². The van der Waals surface area contributed by atoms with Crippen molar-refractivity contribution in [2.75, 3.05) is 45.8 Å². The van der Waals surface area contributed by atoms with Crippen molar-refractivity contribution in [3.05, 3.63) is 0 Å². The van der Waals surface area contributed by atoms with Gasteiger partial charge in [-0.25, -0.2) is 0 Å². The van der Waals surface area contributed by atoms with Gasteiger partial charge >= 0.3 is 0 Å². The van der Waals surface area contributed by atoms with Gasteiger partial charge in [-0.3, -0.25) is 4.90 Å². The summed E-state index contributed by atoms with van der Waals surface area (Å²) >= 11 is 2.11. The average Bonchev–Trinajstić information content (AvgIpc) is 3.03. The SMILES string of the molecule is CS[C@@H]1CCCCCCCC[C@@H]2COC[C@H]2[C@H]1N1CCOCC1. The maximum atomic E-state index is 5.99. The topological polar surface area (TPSA) is 21.7 Å². The van der Waals surface area contributed by atoms with Crippen LogP contribution in [0.5, 0.6) is 0 Å². The van der Waals surface area contributed by atoms with Crippen LogP contribution >= 0.6 is 11.8 Å². The Balaban J connectivity index is 1.76. The van der Waals surface area contributed by atoms with Crippen LogP contribution in [0.25, 0.3) is 0 Å². The van der Waals surface area contributed by atoms with Crippen molar-refractivity contribution in [3.8, 4) is 0 Å². The van der Waals surface area contributed by atoms with Gasteiger partial charge in [-0.05, 0) is 25.0 Å². The second-order valence-electron chi connectivity index (χ2n) is 7.57. The molecule has 0 aromatic heterocycles. The van der Waals surface area contributed by atoms with Gasteiger partial charge in [-0.2, -0.15) is 11.8 Å². The van der Waals surface area contributed by atoms with E-state index in [0.717, 1.165) is 56.6 Å². The second kappa shape index (κ2) is 9.65. The molecule has 1 aliphatic carbocycles. The smallest absolute Gasteiger partial charge is 0.0594 e. The Morgan fingerprint density at radius 2 is 1.52 bits per heavy atom. The number of morpholine rings is 1. The molecule has 1 saturated carbocycles. The minimum absolute atomic E-state index is 0.695. The highest BCUT2D eigenvalue weighted by molar-refractivity contribution is 7.99. The van der Waals surface area contributed by atoms with E-state index in [-0.39, 0.29) is 0 Å². The molecular formula is C19H35NO2S. The fourth-order valence-electron chi connectivity index (χ4n) is 4.83. The monoisotopic (exact) mass is 341 g/mol. The molecule has 2 saturated heterocycles. The Labute approximate surface area is 146 Å². The zero-order chi connectivity index (χ0) is 15.9. The summed E-state index contributed by atoms with van der Waals surface area (Å²) in [4.78, 5) is 2.75. The van der Waals surface area contributed by atoms with E-state index in [1.165, 1.54) is 51.4 Å². The Hall–Kier alpha value is 0.230. The maximum absolute atomic E-state index is 5.99. The first kappa shape index (κ1) is 18.0. The van der Waals surface area contributed by atoms with Gasteiger partial charge in [0.2, 0.25) is 0 Å². The number of hydrogen-bond donors (Lipinski definition) is 0. The molecule has 3 rings (SSSR count). The average molecular weight is 342 g/mol. The molecule has 2 aliphatic heterocycles. The lowest BCUT2D eigenvalue weighted by Gasteiger charge is -2.43. The van der Waals surface area contributed by atoms with Crippen LogP contribution in [-0.2, 0) is 9.47 Å². The van der Waals surface area contributed by atoms with Gasteiger partial charge in [-0.15, -0.1) is 0 Å². The molecule has 0 unspecified atom stereocenters. The van der Waals surface area contributed by atoms with Gasteiger partial charge in [0, 0.05) is 36.9 Å². The van der Waals surface area contributed by atoms with E-state index in [4.69, 9.17) is 9.47 Å². The van der Waals surface area contributed by atoms with E-state index in [1.807, 2.05) is 0 Å². The van der Waals surface area contributed by atoms with Crippen molar-refractivity contribution in [2.24, 2.45) is 11.8 Å². The van der Waals surface area contributed by atoms with Crippen molar-refractivity contribution in [1.82, 2.24) is 4.90 Å². The molecule has 4 heteroatoms. The molecule has 3 aliphatic rings. The zero-order valence-electron chi connectivity index (χ0n) is 14.9. The molecule has 0 N–H and O–H groups in total. The molecule has 2 heterocycles. The first-order valence-electron chi connectivity index (χ1n) is 9.82. The number of fused-ring (bicyclic) bond motifs is 1. The number of nitrogens with zero attached hydrogens (tertiary/aromatic N) is 1. The molecular weight excluding hydrogens is 306 g/mol. The fourth-order valence-corrected chi connectivity index (χ4v) is 5.89. The quantitative estimate of drug-likeness (QED) is 0.761. The number of rotatable bonds is 2. The molecule has 0 amide bonds. The Kier molecular flexibility index (Phi) is 7.56. The van der Waals surface area contributed by atoms with Crippen LogP contribution in [0.2, 0.25) is 0 Å². The van der Waals surface area contributed by atoms with Gasteiger partial charge in [-0.1, -0.05) is 38.5 Å². The number of hydrogen-bond acceptors (Lipinski definition) is 4. The molecule has 4 atom stereocenters. The van der Waals surface area contributed by atoms with E-state index in [2.05, 4.69) is 22.9 Å². The molecule has 0 bridgehead atoms. The van der Waals surface area contributed by atoms with E-state index in [0.29, 0.717) is 6.04 Å². The lowest BCUT2D eigenvalue weighted by Crippen LogP contribution is -2.53. The lowest BCUT2D eigenvalue weighted by atomic mass is 9.81. The van der Waals surface area contributed by atoms with Crippen molar-refractivity contribution < 1.29 is 9.47 Å². The maximum Gasteiger partial charge on any atom is 0.0594 e. The molecule has 0 aromatic carbocycles. The summed E-state index contributed by atoms with van der Waals surface area (Å²) in [5.74, 6) is 1.53. The van der Waals surface area contributed by atoms with Gasteiger partial charge in [0.25, 0.3) is 0 Å². The molecule has 3 fully saturated rings. The molecule has 23 heavy (non-hydrogen) atoms. The first-order chi connectivity index (χ1) is 11.4. The standard InChI is InChI=1S/C19H35NO2S/c1-23-18-9-7-5-3-2-4-6-8-16-14-22-15-17(16)19(18)20-10-12-21-13-11-20/h16-19H,2-15H2,1H3/t16-,17-,18-,19-/m1/s1. The molecule has 134 valence electrons. The molecule has 0 spiro atoms. The minimum Gasteiger partial charge on any atom is -0.381 e. The van der Waals surface area contributed by atoms with Crippen molar-refractivity contribution >= 4 is 11.8 Å². The number of ether oxygens (including phenoxy) is 2. The van der Waals surface area contributed by atoms with Crippen LogP contribution in [0.3, 0.4) is 0 Å². The van der Waals surface area contributed by atoms with Crippen LogP contribution in [0.4, 0.5) is 0 Å². The summed E-state index contributed by atoms with van der Waals surface area (Å²) in [6.45, 7) is 6.05. The van der Waals surface area contributed by atoms with Crippen molar-refractivity contribution in [2.45, 2.75) is 62.7 Å². The normalized spacial score (nSPS) is 38.5. The second-order valence-corrected chi connectivity index (χ2v) is 8.65. The van der Waals surface area contributed by atoms with Gasteiger partial charge in [0.15, 0.2) is 0 Å². The molecule has 0 aromatic rings. The highest BCUT2D eigenvalue weighted by atomic mass is 32.2. The summed E-state index contributed by atoms with van der Waals surface area (Å²) < 4.78 is 11.6. The predicted molar refractivity (Wildman–Crippen MR) is 98.2 cm³/mol. The summed E-state index contributed by atoms with van der Waals surface area (Å²) in [5, 5.41) is 0.765. The predicted octanol–water partition coefficient (Wildman–Crippen LogP) is 3.82. The lowest BCUT2D eigenvalue weighted by molar-refractivity contribution is -0.00438. The van der Waals surface area contributed by atoms with Gasteiger partial charge < -0.3 is 9.47 Å². The Morgan fingerprint density at radius 3 is 2.26 bits per heavy atom. The van der Waals surface area contributed by atoms with E-state index >= 15 is 0 Å². The highest BCUT2D eigenvalue weighted by Gasteiger charge is 2.41. The van der Waals surface area contributed by atoms with E-state index in [1.54, 1.807) is 0 Å². The van der Waals surface area contributed by atoms with Crippen molar-refractivity contribution in [1.29, 1.82) is 0 Å².